The number of nitrogens with zero attached hydrogens (tertiary/aromatic N) is 3. The van der Waals surface area contributed by atoms with Gasteiger partial charge in [0.05, 0.1) is 18.2 Å². The Bertz CT molecular complexity index is 587. The van der Waals surface area contributed by atoms with Crippen LogP contribution in [0.15, 0.2) is 24.5 Å². The smallest absolute Gasteiger partial charge is 0.140 e. The number of anilines is 2. The maximum Gasteiger partial charge on any atom is 0.140 e. The van der Waals surface area contributed by atoms with Crippen LogP contribution in [0.3, 0.4) is 0 Å². The summed E-state index contributed by atoms with van der Waals surface area (Å²) in [5.74, 6) is 0.957. The van der Waals surface area contributed by atoms with Gasteiger partial charge in [0.15, 0.2) is 0 Å². The highest BCUT2D eigenvalue weighted by Crippen LogP contribution is 2.26. The molecule has 2 aromatic rings. The van der Waals surface area contributed by atoms with E-state index in [1.54, 1.807) is 6.33 Å². The summed E-state index contributed by atoms with van der Waals surface area (Å²) in [6, 6.07) is 5.75. The molecule has 0 aliphatic carbocycles. The molecule has 0 radical (unpaired) electrons. The lowest BCUT2D eigenvalue weighted by atomic mass is 10.1. The first-order valence-electron chi connectivity index (χ1n) is 6.64. The number of nitrogen functional groups attached to an aromatic ring is 1. The van der Waals surface area contributed by atoms with E-state index in [-0.39, 0.29) is 6.10 Å². The standard InChI is InChI=1S/C14H18N4O/c1-2-11-8-18(5-6-19-11)14-12-7-10(15)3-4-13(12)16-9-17-14/h3-4,7,9,11H,2,5-6,8,15H2,1H3. The van der Waals surface area contributed by atoms with Crippen molar-refractivity contribution < 1.29 is 4.74 Å². The van der Waals surface area contributed by atoms with Crippen molar-refractivity contribution in [1.29, 1.82) is 0 Å². The van der Waals surface area contributed by atoms with Gasteiger partial charge in [0.1, 0.15) is 12.1 Å². The normalized spacial score (nSPS) is 19.8. The Balaban J connectivity index is 2.02. The summed E-state index contributed by atoms with van der Waals surface area (Å²) in [6.07, 6.45) is 2.91. The molecule has 3 rings (SSSR count). The van der Waals surface area contributed by atoms with Crippen molar-refractivity contribution in [1.82, 2.24) is 9.97 Å². The summed E-state index contributed by atoms with van der Waals surface area (Å²) < 4.78 is 5.70. The molecule has 2 N–H and O–H groups in total. The van der Waals surface area contributed by atoms with Crippen molar-refractivity contribution in [2.24, 2.45) is 0 Å². The maximum atomic E-state index is 5.88. The number of ether oxygens (including phenoxy) is 1. The van der Waals surface area contributed by atoms with Crippen LogP contribution in [0.2, 0.25) is 0 Å². The fourth-order valence-corrected chi connectivity index (χ4v) is 2.47. The molecule has 0 bridgehead atoms. The van der Waals surface area contributed by atoms with Crippen LogP contribution in [-0.4, -0.2) is 35.8 Å². The van der Waals surface area contributed by atoms with Crippen LogP contribution in [0.5, 0.6) is 0 Å². The third kappa shape index (κ3) is 2.33. The molecule has 5 nitrogen and oxygen atoms in total. The second-order valence-corrected chi connectivity index (χ2v) is 4.82. The van der Waals surface area contributed by atoms with Gasteiger partial charge >= 0.3 is 0 Å². The molecule has 100 valence electrons. The SMILES string of the molecule is CCC1CN(c2ncnc3ccc(N)cc23)CCO1. The zero-order chi connectivity index (χ0) is 13.2. The van der Waals surface area contributed by atoms with E-state index in [9.17, 15) is 0 Å². The summed E-state index contributed by atoms with van der Waals surface area (Å²) in [7, 11) is 0. The largest absolute Gasteiger partial charge is 0.399 e. The van der Waals surface area contributed by atoms with Crippen molar-refractivity contribution >= 4 is 22.4 Å². The monoisotopic (exact) mass is 258 g/mol. The average molecular weight is 258 g/mol. The van der Waals surface area contributed by atoms with Crippen molar-refractivity contribution in [2.75, 3.05) is 30.3 Å². The molecule has 1 atom stereocenters. The van der Waals surface area contributed by atoms with E-state index in [1.807, 2.05) is 18.2 Å². The average Bonchev–Trinajstić information content (AvgIpc) is 2.46. The van der Waals surface area contributed by atoms with Gasteiger partial charge in [-0.3, -0.25) is 0 Å². The third-order valence-electron chi connectivity index (χ3n) is 3.53. The predicted octanol–water partition coefficient (Wildman–Crippen LogP) is 1.83. The first-order valence-corrected chi connectivity index (χ1v) is 6.64. The van der Waals surface area contributed by atoms with Gasteiger partial charge in [-0.05, 0) is 24.6 Å². The molecule has 1 unspecified atom stereocenters. The highest BCUT2D eigenvalue weighted by molar-refractivity contribution is 5.91. The number of nitrogens with two attached hydrogens (primary N) is 1. The minimum Gasteiger partial charge on any atom is -0.399 e. The second-order valence-electron chi connectivity index (χ2n) is 4.82. The maximum absolute atomic E-state index is 5.88. The number of rotatable bonds is 2. The lowest BCUT2D eigenvalue weighted by Gasteiger charge is -2.33. The Morgan fingerprint density at radius 1 is 1.42 bits per heavy atom. The van der Waals surface area contributed by atoms with Gasteiger partial charge < -0.3 is 15.4 Å². The van der Waals surface area contributed by atoms with Crippen LogP contribution in [-0.2, 0) is 4.74 Å². The molecule has 0 amide bonds. The lowest BCUT2D eigenvalue weighted by Crippen LogP contribution is -2.42. The lowest BCUT2D eigenvalue weighted by molar-refractivity contribution is 0.0382. The third-order valence-corrected chi connectivity index (χ3v) is 3.53. The molecular weight excluding hydrogens is 240 g/mol. The Hall–Kier alpha value is -1.88. The van der Waals surface area contributed by atoms with Gasteiger partial charge in [0.2, 0.25) is 0 Å². The number of hydrogen-bond donors (Lipinski definition) is 1. The minimum absolute atomic E-state index is 0.278. The topological polar surface area (TPSA) is 64.3 Å². The van der Waals surface area contributed by atoms with E-state index in [4.69, 9.17) is 10.5 Å². The van der Waals surface area contributed by atoms with Crippen molar-refractivity contribution in [3.05, 3.63) is 24.5 Å². The van der Waals surface area contributed by atoms with Gasteiger partial charge in [-0.25, -0.2) is 9.97 Å². The van der Waals surface area contributed by atoms with Gasteiger partial charge in [0, 0.05) is 24.2 Å². The molecule has 5 heteroatoms. The quantitative estimate of drug-likeness (QED) is 0.832. The number of benzene rings is 1. The molecule has 1 aliphatic heterocycles. The van der Waals surface area contributed by atoms with Crippen molar-refractivity contribution in [2.45, 2.75) is 19.4 Å². The first-order chi connectivity index (χ1) is 9.28. The van der Waals surface area contributed by atoms with Gasteiger partial charge in [-0.15, -0.1) is 0 Å². The first kappa shape index (κ1) is 12.2. The fraction of sp³-hybridized carbons (Fsp3) is 0.429. The van der Waals surface area contributed by atoms with Crippen molar-refractivity contribution in [3.8, 4) is 0 Å². The van der Waals surface area contributed by atoms with Crippen LogP contribution in [0.1, 0.15) is 13.3 Å². The molecule has 1 fully saturated rings. The van der Waals surface area contributed by atoms with Gasteiger partial charge in [-0.2, -0.15) is 0 Å². The summed E-state index contributed by atoms with van der Waals surface area (Å²) in [4.78, 5) is 11.0. The Morgan fingerprint density at radius 2 is 2.32 bits per heavy atom. The van der Waals surface area contributed by atoms with E-state index in [2.05, 4.69) is 21.8 Å². The zero-order valence-corrected chi connectivity index (χ0v) is 11.0. The Morgan fingerprint density at radius 3 is 3.16 bits per heavy atom. The van der Waals surface area contributed by atoms with E-state index in [1.165, 1.54) is 0 Å². The van der Waals surface area contributed by atoms with Crippen LogP contribution in [0.4, 0.5) is 11.5 Å². The fourth-order valence-electron chi connectivity index (χ4n) is 2.47. The highest BCUT2D eigenvalue weighted by atomic mass is 16.5. The molecule has 1 aliphatic rings. The minimum atomic E-state index is 0.278. The molecule has 1 aromatic heterocycles. The molecule has 2 heterocycles. The van der Waals surface area contributed by atoms with Gasteiger partial charge in [-0.1, -0.05) is 6.92 Å². The molecule has 0 spiro atoms. The second kappa shape index (κ2) is 5.01. The molecule has 19 heavy (non-hydrogen) atoms. The summed E-state index contributed by atoms with van der Waals surface area (Å²) >= 11 is 0. The number of morpholine rings is 1. The Labute approximate surface area is 112 Å². The summed E-state index contributed by atoms with van der Waals surface area (Å²) in [6.45, 7) is 4.62. The summed E-state index contributed by atoms with van der Waals surface area (Å²) in [5, 5.41) is 1.01. The number of fused-ring (bicyclic) bond motifs is 1. The van der Waals surface area contributed by atoms with E-state index < -0.39 is 0 Å². The van der Waals surface area contributed by atoms with Crippen LogP contribution >= 0.6 is 0 Å². The molecule has 1 saturated heterocycles. The zero-order valence-electron chi connectivity index (χ0n) is 11.0. The number of hydrogen-bond acceptors (Lipinski definition) is 5. The van der Waals surface area contributed by atoms with Gasteiger partial charge in [0.25, 0.3) is 0 Å². The highest BCUT2D eigenvalue weighted by Gasteiger charge is 2.21. The molecular formula is C14H18N4O. The summed E-state index contributed by atoms with van der Waals surface area (Å²) in [5.41, 5.74) is 7.55. The van der Waals surface area contributed by atoms with Crippen molar-refractivity contribution in [3.63, 3.8) is 0 Å². The van der Waals surface area contributed by atoms with E-state index in [0.717, 1.165) is 48.5 Å². The van der Waals surface area contributed by atoms with E-state index in [0.29, 0.717) is 0 Å². The molecule has 1 aromatic carbocycles. The predicted molar refractivity (Wildman–Crippen MR) is 76.2 cm³/mol. The van der Waals surface area contributed by atoms with Crippen LogP contribution in [0.25, 0.3) is 10.9 Å². The number of aromatic nitrogens is 2. The Kier molecular flexibility index (Phi) is 3.21. The van der Waals surface area contributed by atoms with Crippen LogP contribution in [0, 0.1) is 0 Å². The molecule has 0 saturated carbocycles. The van der Waals surface area contributed by atoms with Crippen LogP contribution < -0.4 is 10.6 Å². The van der Waals surface area contributed by atoms with E-state index >= 15 is 0 Å².